The lowest BCUT2D eigenvalue weighted by Gasteiger charge is -2.12. The van der Waals surface area contributed by atoms with E-state index in [9.17, 15) is 13.2 Å². The summed E-state index contributed by atoms with van der Waals surface area (Å²) in [5.74, 6) is 1.07. The Morgan fingerprint density at radius 3 is 2.48 bits per heavy atom. The number of carbonyl (C=O) groups is 1. The van der Waals surface area contributed by atoms with Gasteiger partial charge in [0.2, 0.25) is 0 Å². The molecule has 1 amide bonds. The Hall–Kier alpha value is -3.59. The summed E-state index contributed by atoms with van der Waals surface area (Å²) >= 11 is 0. The first kappa shape index (κ1) is 20.7. The van der Waals surface area contributed by atoms with Crippen LogP contribution in [0.15, 0.2) is 65.7 Å². The number of carbonyl (C=O) groups excluding carboxylic acids is 1. The van der Waals surface area contributed by atoms with E-state index in [0.717, 1.165) is 12.0 Å². The second-order valence-electron chi connectivity index (χ2n) is 6.96. The summed E-state index contributed by atoms with van der Waals surface area (Å²) in [6.45, 7) is 2.84. The van der Waals surface area contributed by atoms with Crippen molar-refractivity contribution in [1.29, 1.82) is 0 Å². The molecule has 9 heteroatoms. The van der Waals surface area contributed by atoms with Crippen molar-refractivity contribution in [2.75, 3.05) is 23.3 Å². The third kappa shape index (κ3) is 4.77. The molecule has 160 valence electrons. The number of ether oxygens (including phenoxy) is 2. The van der Waals surface area contributed by atoms with E-state index in [1.807, 2.05) is 13.0 Å². The van der Waals surface area contributed by atoms with Gasteiger partial charge in [-0.3, -0.25) is 9.52 Å². The molecule has 0 bridgehead atoms. The number of amides is 1. The van der Waals surface area contributed by atoms with E-state index in [2.05, 4.69) is 15.0 Å². The molecule has 3 aromatic rings. The number of aromatic nitrogens is 1. The second-order valence-corrected chi connectivity index (χ2v) is 8.65. The number of anilines is 2. The molecule has 31 heavy (non-hydrogen) atoms. The van der Waals surface area contributed by atoms with E-state index < -0.39 is 10.0 Å². The highest BCUT2D eigenvalue weighted by atomic mass is 32.2. The molecule has 2 N–H and O–H groups in total. The number of benzene rings is 2. The lowest BCUT2D eigenvalue weighted by molar-refractivity contribution is 0.102. The molecule has 2 aromatic carbocycles. The van der Waals surface area contributed by atoms with Gasteiger partial charge in [-0.25, -0.2) is 13.4 Å². The Morgan fingerprint density at radius 1 is 1.00 bits per heavy atom. The maximum Gasteiger partial charge on any atom is 0.262 e. The molecular formula is C22H21N3O5S. The van der Waals surface area contributed by atoms with Crippen LogP contribution in [-0.4, -0.2) is 32.5 Å². The average Bonchev–Trinajstić information content (AvgIpc) is 3.00. The Bertz CT molecular complexity index is 1210. The van der Waals surface area contributed by atoms with Crippen LogP contribution >= 0.6 is 0 Å². The number of fused-ring (bicyclic) bond motifs is 1. The van der Waals surface area contributed by atoms with E-state index in [4.69, 9.17) is 9.47 Å². The van der Waals surface area contributed by atoms with Crippen LogP contribution in [0.25, 0.3) is 0 Å². The van der Waals surface area contributed by atoms with E-state index >= 15 is 0 Å². The summed E-state index contributed by atoms with van der Waals surface area (Å²) in [6.07, 6.45) is 2.33. The number of sulfonamides is 1. The smallest absolute Gasteiger partial charge is 0.262 e. The lowest BCUT2D eigenvalue weighted by atomic mass is 10.2. The minimum Gasteiger partial charge on any atom is -0.490 e. The second kappa shape index (κ2) is 8.65. The van der Waals surface area contributed by atoms with Crippen molar-refractivity contribution in [3.63, 3.8) is 0 Å². The van der Waals surface area contributed by atoms with Crippen molar-refractivity contribution in [2.24, 2.45) is 0 Å². The highest BCUT2D eigenvalue weighted by molar-refractivity contribution is 7.92. The first-order chi connectivity index (χ1) is 14.9. The molecule has 0 unspecified atom stereocenters. The normalized spacial score (nSPS) is 13.2. The van der Waals surface area contributed by atoms with Gasteiger partial charge in [0.25, 0.3) is 15.9 Å². The van der Waals surface area contributed by atoms with Gasteiger partial charge < -0.3 is 14.8 Å². The van der Waals surface area contributed by atoms with E-state index in [1.54, 1.807) is 30.5 Å². The number of rotatable bonds is 5. The molecule has 1 aliphatic rings. The summed E-state index contributed by atoms with van der Waals surface area (Å²) in [5.41, 5.74) is 1.55. The molecule has 0 fully saturated rings. The van der Waals surface area contributed by atoms with E-state index in [0.29, 0.717) is 41.8 Å². The average molecular weight is 439 g/mol. The van der Waals surface area contributed by atoms with Gasteiger partial charge in [-0.05, 0) is 55.0 Å². The molecule has 0 atom stereocenters. The Balaban J connectivity index is 1.47. The van der Waals surface area contributed by atoms with E-state index in [-0.39, 0.29) is 10.8 Å². The van der Waals surface area contributed by atoms with Crippen LogP contribution < -0.4 is 19.5 Å². The van der Waals surface area contributed by atoms with Crippen molar-refractivity contribution in [2.45, 2.75) is 18.2 Å². The third-order valence-corrected chi connectivity index (χ3v) is 6.05. The summed E-state index contributed by atoms with van der Waals surface area (Å²) in [6, 6.07) is 14.3. The van der Waals surface area contributed by atoms with Crippen LogP contribution in [0, 0.1) is 6.92 Å². The molecule has 0 saturated heterocycles. The summed E-state index contributed by atoms with van der Waals surface area (Å²) < 4.78 is 39.2. The van der Waals surface area contributed by atoms with Crippen molar-refractivity contribution < 1.29 is 22.7 Å². The number of hydrogen-bond acceptors (Lipinski definition) is 6. The van der Waals surface area contributed by atoms with Gasteiger partial charge in [-0.1, -0.05) is 6.07 Å². The molecule has 1 aromatic heterocycles. The zero-order valence-electron chi connectivity index (χ0n) is 16.8. The molecule has 2 heterocycles. The molecule has 0 spiro atoms. The standard InChI is InChI=1S/C22H21N3O5S/c1-15-4-2-11-23-21(15)24-22(26)16-5-7-17(8-6-16)25-31(27,28)18-9-10-19-20(14-18)30-13-3-12-29-19/h2,4-11,14,25H,3,12-13H2,1H3,(H,23,24,26). The quantitative estimate of drug-likeness (QED) is 0.629. The number of nitrogens with zero attached hydrogens (tertiary/aromatic N) is 1. The first-order valence-electron chi connectivity index (χ1n) is 9.68. The molecular weight excluding hydrogens is 418 g/mol. The third-order valence-electron chi connectivity index (χ3n) is 4.67. The Labute approximate surface area is 180 Å². The maximum atomic E-state index is 12.8. The van der Waals surface area contributed by atoms with Crippen LogP contribution in [0.5, 0.6) is 11.5 Å². The van der Waals surface area contributed by atoms with Gasteiger partial charge in [0.15, 0.2) is 11.5 Å². The zero-order valence-corrected chi connectivity index (χ0v) is 17.6. The van der Waals surface area contributed by atoms with Crippen LogP contribution in [-0.2, 0) is 10.0 Å². The predicted molar refractivity (Wildman–Crippen MR) is 116 cm³/mol. The van der Waals surface area contributed by atoms with Crippen LogP contribution in [0.3, 0.4) is 0 Å². The van der Waals surface area contributed by atoms with Gasteiger partial charge >= 0.3 is 0 Å². The molecule has 4 rings (SSSR count). The summed E-state index contributed by atoms with van der Waals surface area (Å²) in [5, 5.41) is 2.74. The van der Waals surface area contributed by atoms with Gasteiger partial charge in [-0.2, -0.15) is 0 Å². The van der Waals surface area contributed by atoms with Crippen molar-refractivity contribution >= 4 is 27.4 Å². The first-order valence-corrected chi connectivity index (χ1v) is 11.2. The van der Waals surface area contributed by atoms with Gasteiger partial charge in [-0.15, -0.1) is 0 Å². The Morgan fingerprint density at radius 2 is 1.74 bits per heavy atom. The molecule has 0 radical (unpaired) electrons. The fourth-order valence-electron chi connectivity index (χ4n) is 3.01. The fourth-order valence-corrected chi connectivity index (χ4v) is 4.08. The molecule has 0 aliphatic carbocycles. The van der Waals surface area contributed by atoms with Crippen molar-refractivity contribution in [3.05, 3.63) is 71.9 Å². The lowest BCUT2D eigenvalue weighted by Crippen LogP contribution is -2.15. The monoisotopic (exact) mass is 439 g/mol. The fraction of sp³-hybridized carbons (Fsp3) is 0.182. The SMILES string of the molecule is Cc1cccnc1NC(=O)c1ccc(NS(=O)(=O)c2ccc3c(c2)OCCCO3)cc1. The topological polar surface area (TPSA) is 107 Å². The predicted octanol–water partition coefficient (Wildman–Crippen LogP) is 3.60. The minimum atomic E-state index is -3.84. The van der Waals surface area contributed by atoms with E-state index in [1.165, 1.54) is 24.3 Å². The van der Waals surface area contributed by atoms with Crippen LogP contribution in [0.4, 0.5) is 11.5 Å². The summed E-state index contributed by atoms with van der Waals surface area (Å²) in [7, 11) is -3.84. The van der Waals surface area contributed by atoms with Gasteiger partial charge in [0.1, 0.15) is 5.82 Å². The number of pyridine rings is 1. The Kier molecular flexibility index (Phi) is 5.77. The molecule has 1 aliphatic heterocycles. The number of nitrogens with one attached hydrogen (secondary N) is 2. The van der Waals surface area contributed by atoms with Crippen LogP contribution in [0.1, 0.15) is 22.3 Å². The highest BCUT2D eigenvalue weighted by Gasteiger charge is 2.19. The van der Waals surface area contributed by atoms with Crippen molar-refractivity contribution in [1.82, 2.24) is 4.98 Å². The largest absolute Gasteiger partial charge is 0.490 e. The summed E-state index contributed by atoms with van der Waals surface area (Å²) in [4.78, 5) is 16.6. The van der Waals surface area contributed by atoms with Gasteiger partial charge in [0.05, 0.1) is 18.1 Å². The highest BCUT2D eigenvalue weighted by Crippen LogP contribution is 2.32. The number of hydrogen-bond donors (Lipinski definition) is 2. The van der Waals surface area contributed by atoms with Crippen LogP contribution in [0.2, 0.25) is 0 Å². The minimum absolute atomic E-state index is 0.0594. The maximum absolute atomic E-state index is 12.8. The van der Waals surface area contributed by atoms with Crippen molar-refractivity contribution in [3.8, 4) is 11.5 Å². The van der Waals surface area contributed by atoms with Gasteiger partial charge in [0, 0.05) is 29.9 Å². The zero-order chi connectivity index (χ0) is 21.8. The molecule has 0 saturated carbocycles. The number of aryl methyl sites for hydroxylation is 1. The molecule has 8 nitrogen and oxygen atoms in total.